The number of hydrogen-bond acceptors (Lipinski definition) is 6. The molecule has 1 aromatic heterocycles. The van der Waals surface area contributed by atoms with Gasteiger partial charge in [-0.25, -0.2) is 4.39 Å². The van der Waals surface area contributed by atoms with Gasteiger partial charge in [0.15, 0.2) is 6.10 Å². The number of rotatable bonds is 10. The van der Waals surface area contributed by atoms with Crippen molar-refractivity contribution < 1.29 is 23.8 Å². The van der Waals surface area contributed by atoms with Crippen LogP contribution in [0.3, 0.4) is 0 Å². The molecule has 0 spiro atoms. The predicted molar refractivity (Wildman–Crippen MR) is 124 cm³/mol. The summed E-state index contributed by atoms with van der Waals surface area (Å²) in [5.74, 6) is -0.329. The lowest BCUT2D eigenvalue weighted by molar-refractivity contribution is 0.0297. The van der Waals surface area contributed by atoms with Crippen molar-refractivity contribution in [3.63, 3.8) is 0 Å². The summed E-state index contributed by atoms with van der Waals surface area (Å²) in [6.45, 7) is -0.355. The molecule has 3 aromatic carbocycles. The number of amides is 1. The van der Waals surface area contributed by atoms with Gasteiger partial charge in [0.1, 0.15) is 30.8 Å². The van der Waals surface area contributed by atoms with Crippen LogP contribution in [0, 0.1) is 0 Å². The standard InChI is InChI=1S/C25H23FN4O4/c26-13-22(15-33-14-18-4-2-1-3-5-18)34-21-10-11-23(24(31)12-21)29-25(32)19-6-8-20(9-7-19)30-16-27-28-17-30/h1-12,16-17,22,31H,13-15H2,(H,29,32). The normalized spacial score (nSPS) is 11.7. The van der Waals surface area contributed by atoms with Gasteiger partial charge >= 0.3 is 0 Å². The first kappa shape index (κ1) is 22.9. The number of aromatic nitrogens is 3. The third-order valence-corrected chi connectivity index (χ3v) is 4.95. The molecule has 4 rings (SSSR count). The molecule has 9 heteroatoms. The summed E-state index contributed by atoms with van der Waals surface area (Å²) < 4.78 is 26.2. The zero-order valence-corrected chi connectivity index (χ0v) is 18.2. The first-order valence-electron chi connectivity index (χ1n) is 10.6. The summed E-state index contributed by atoms with van der Waals surface area (Å²) in [6, 6.07) is 20.7. The van der Waals surface area contributed by atoms with Crippen LogP contribution in [0.15, 0.2) is 85.5 Å². The van der Waals surface area contributed by atoms with E-state index < -0.39 is 18.7 Å². The van der Waals surface area contributed by atoms with E-state index in [-0.39, 0.29) is 23.8 Å². The molecule has 1 unspecified atom stereocenters. The molecule has 1 atom stereocenters. The number of anilines is 1. The molecule has 0 fully saturated rings. The van der Waals surface area contributed by atoms with Gasteiger partial charge in [0.25, 0.3) is 5.91 Å². The zero-order valence-electron chi connectivity index (χ0n) is 18.2. The van der Waals surface area contributed by atoms with Gasteiger partial charge in [-0.1, -0.05) is 30.3 Å². The van der Waals surface area contributed by atoms with E-state index >= 15 is 0 Å². The van der Waals surface area contributed by atoms with Gasteiger partial charge in [-0.15, -0.1) is 10.2 Å². The number of nitrogens with zero attached hydrogens (tertiary/aromatic N) is 3. The number of alkyl halides is 1. The number of ether oxygens (including phenoxy) is 2. The molecule has 1 amide bonds. The van der Waals surface area contributed by atoms with Crippen molar-refractivity contribution in [3.05, 3.63) is 96.6 Å². The lowest BCUT2D eigenvalue weighted by Crippen LogP contribution is -2.25. The van der Waals surface area contributed by atoms with Gasteiger partial charge in [-0.3, -0.25) is 9.36 Å². The van der Waals surface area contributed by atoms with Gasteiger partial charge in [-0.2, -0.15) is 0 Å². The van der Waals surface area contributed by atoms with Crippen molar-refractivity contribution in [2.75, 3.05) is 18.6 Å². The maximum atomic E-state index is 13.4. The highest BCUT2D eigenvalue weighted by Crippen LogP contribution is 2.29. The fourth-order valence-corrected chi connectivity index (χ4v) is 3.19. The highest BCUT2D eigenvalue weighted by molar-refractivity contribution is 6.05. The van der Waals surface area contributed by atoms with E-state index in [2.05, 4.69) is 15.5 Å². The number of nitrogens with one attached hydrogen (secondary N) is 1. The molecular weight excluding hydrogens is 439 g/mol. The highest BCUT2D eigenvalue weighted by Gasteiger charge is 2.14. The first-order chi connectivity index (χ1) is 16.6. The van der Waals surface area contributed by atoms with Crippen LogP contribution in [0.4, 0.5) is 10.1 Å². The van der Waals surface area contributed by atoms with E-state index in [9.17, 15) is 14.3 Å². The highest BCUT2D eigenvalue weighted by atomic mass is 19.1. The van der Waals surface area contributed by atoms with Crippen LogP contribution < -0.4 is 10.1 Å². The summed E-state index contributed by atoms with van der Waals surface area (Å²) in [5, 5.41) is 20.5. The SMILES string of the molecule is O=C(Nc1ccc(OC(CF)COCc2ccccc2)cc1O)c1ccc(-n2cnnc2)cc1. The number of halogens is 1. The van der Waals surface area contributed by atoms with Crippen molar-refractivity contribution in [2.45, 2.75) is 12.7 Å². The second-order valence-corrected chi connectivity index (χ2v) is 7.44. The van der Waals surface area contributed by atoms with E-state index in [1.807, 2.05) is 30.3 Å². The largest absolute Gasteiger partial charge is 0.506 e. The second kappa shape index (κ2) is 11.1. The van der Waals surface area contributed by atoms with Crippen molar-refractivity contribution in [2.24, 2.45) is 0 Å². The smallest absolute Gasteiger partial charge is 0.255 e. The molecule has 2 N–H and O–H groups in total. The molecular formula is C25H23FN4O4. The number of benzene rings is 3. The fraction of sp³-hybridized carbons (Fsp3) is 0.160. The van der Waals surface area contributed by atoms with E-state index in [0.29, 0.717) is 12.2 Å². The minimum Gasteiger partial charge on any atom is -0.506 e. The molecule has 0 aliphatic rings. The zero-order chi connectivity index (χ0) is 23.8. The van der Waals surface area contributed by atoms with Crippen molar-refractivity contribution in [1.29, 1.82) is 0 Å². The Bertz CT molecular complexity index is 1200. The monoisotopic (exact) mass is 462 g/mol. The maximum absolute atomic E-state index is 13.4. The summed E-state index contributed by atoms with van der Waals surface area (Å²) >= 11 is 0. The Morgan fingerprint density at radius 1 is 1.03 bits per heavy atom. The van der Waals surface area contributed by atoms with Crippen molar-refractivity contribution >= 4 is 11.6 Å². The molecule has 1 heterocycles. The van der Waals surface area contributed by atoms with E-state index in [4.69, 9.17) is 9.47 Å². The maximum Gasteiger partial charge on any atom is 0.255 e. The minimum absolute atomic E-state index is 0.0514. The van der Waals surface area contributed by atoms with E-state index in [0.717, 1.165) is 11.3 Å². The number of aromatic hydroxyl groups is 1. The minimum atomic E-state index is -0.826. The molecule has 0 aliphatic heterocycles. The van der Waals surface area contributed by atoms with Crippen molar-refractivity contribution in [3.8, 4) is 17.2 Å². The second-order valence-electron chi connectivity index (χ2n) is 7.44. The lowest BCUT2D eigenvalue weighted by atomic mass is 10.2. The molecule has 0 saturated carbocycles. The lowest BCUT2D eigenvalue weighted by Gasteiger charge is -2.17. The van der Waals surface area contributed by atoms with Crippen LogP contribution in [0.25, 0.3) is 5.69 Å². The average Bonchev–Trinajstić information content (AvgIpc) is 3.41. The van der Waals surface area contributed by atoms with E-state index in [1.54, 1.807) is 47.6 Å². The summed E-state index contributed by atoms with van der Waals surface area (Å²) in [4.78, 5) is 12.6. The molecule has 8 nitrogen and oxygen atoms in total. The Morgan fingerprint density at radius 2 is 1.76 bits per heavy atom. The topological polar surface area (TPSA) is 98.5 Å². The third-order valence-electron chi connectivity index (χ3n) is 4.95. The molecule has 174 valence electrons. The van der Waals surface area contributed by atoms with E-state index in [1.165, 1.54) is 12.1 Å². The number of carbonyl (C=O) groups is 1. The van der Waals surface area contributed by atoms with Crippen molar-refractivity contribution in [1.82, 2.24) is 14.8 Å². The van der Waals surface area contributed by atoms with Gasteiger partial charge < -0.3 is 19.9 Å². The number of hydrogen-bond donors (Lipinski definition) is 2. The molecule has 0 saturated heterocycles. The Morgan fingerprint density at radius 3 is 2.44 bits per heavy atom. The Kier molecular flexibility index (Phi) is 7.46. The molecule has 0 aliphatic carbocycles. The Hall–Kier alpha value is -4.24. The van der Waals surface area contributed by atoms with Crippen LogP contribution in [-0.2, 0) is 11.3 Å². The Balaban J connectivity index is 1.32. The van der Waals surface area contributed by atoms with Crippen LogP contribution in [-0.4, -0.2) is 45.2 Å². The van der Waals surface area contributed by atoms with Crippen LogP contribution in [0.2, 0.25) is 0 Å². The van der Waals surface area contributed by atoms with Gasteiger partial charge in [0.2, 0.25) is 0 Å². The van der Waals surface area contributed by atoms with Gasteiger partial charge in [0, 0.05) is 17.3 Å². The Labute approximate surface area is 195 Å². The number of phenols is 1. The molecule has 0 bridgehead atoms. The van der Waals surface area contributed by atoms with Crippen LogP contribution in [0.1, 0.15) is 15.9 Å². The number of carbonyl (C=O) groups excluding carboxylic acids is 1. The van der Waals surface area contributed by atoms with Gasteiger partial charge in [-0.05, 0) is 42.0 Å². The summed E-state index contributed by atoms with van der Waals surface area (Å²) in [5.41, 5.74) is 2.40. The fourth-order valence-electron chi connectivity index (χ4n) is 3.19. The quantitative estimate of drug-likeness (QED) is 0.344. The summed E-state index contributed by atoms with van der Waals surface area (Å²) in [6.07, 6.45) is 2.28. The summed E-state index contributed by atoms with van der Waals surface area (Å²) in [7, 11) is 0. The first-order valence-corrected chi connectivity index (χ1v) is 10.6. The number of phenolic OH excluding ortho intramolecular Hbond substituents is 1. The molecule has 4 aromatic rings. The predicted octanol–water partition coefficient (Wildman–Crippen LogP) is 4.16. The van der Waals surface area contributed by atoms with Crippen LogP contribution >= 0.6 is 0 Å². The third kappa shape index (κ3) is 5.96. The molecule has 34 heavy (non-hydrogen) atoms. The van der Waals surface area contributed by atoms with Gasteiger partial charge in [0.05, 0.1) is 18.9 Å². The van der Waals surface area contributed by atoms with Crippen LogP contribution in [0.5, 0.6) is 11.5 Å². The average molecular weight is 462 g/mol. The molecule has 0 radical (unpaired) electrons.